The monoisotopic (exact) mass is 178 g/mol. The van der Waals surface area contributed by atoms with E-state index in [4.69, 9.17) is 15.3 Å². The van der Waals surface area contributed by atoms with Crippen LogP contribution in [0, 0.1) is 0 Å². The van der Waals surface area contributed by atoms with Crippen molar-refractivity contribution in [2.45, 2.75) is 44.5 Å². The van der Waals surface area contributed by atoms with Crippen LogP contribution in [0.15, 0.2) is 0 Å². The summed E-state index contributed by atoms with van der Waals surface area (Å²) in [6.45, 7) is 1.66. The Labute approximate surface area is 72.5 Å². The number of aliphatic hydroxyl groups excluding tert-OH is 4. The molecular formula is C8H18O4. The van der Waals surface area contributed by atoms with E-state index >= 15 is 0 Å². The minimum Gasteiger partial charge on any atom is -0.396 e. The fourth-order valence-corrected chi connectivity index (χ4v) is 0.975. The van der Waals surface area contributed by atoms with E-state index in [1.54, 1.807) is 6.92 Å². The Hall–Kier alpha value is -0.160. The maximum absolute atomic E-state index is 9.22. The minimum atomic E-state index is -0.892. The van der Waals surface area contributed by atoms with Gasteiger partial charge in [-0.05, 0) is 12.8 Å². The highest BCUT2D eigenvalue weighted by molar-refractivity contribution is 4.69. The average molecular weight is 178 g/mol. The van der Waals surface area contributed by atoms with Crippen molar-refractivity contribution in [1.29, 1.82) is 0 Å². The highest BCUT2D eigenvalue weighted by Crippen LogP contribution is 2.07. The quantitative estimate of drug-likeness (QED) is 0.431. The van der Waals surface area contributed by atoms with E-state index in [9.17, 15) is 5.11 Å². The lowest BCUT2D eigenvalue weighted by atomic mass is 10.0. The molecule has 0 saturated carbocycles. The molecule has 0 rings (SSSR count). The Morgan fingerprint density at radius 3 is 2.08 bits per heavy atom. The van der Waals surface area contributed by atoms with Gasteiger partial charge in [-0.2, -0.15) is 0 Å². The molecule has 0 fully saturated rings. The van der Waals surface area contributed by atoms with Crippen LogP contribution in [0.25, 0.3) is 0 Å². The molecule has 0 aliphatic rings. The molecule has 0 heterocycles. The zero-order valence-corrected chi connectivity index (χ0v) is 7.35. The lowest BCUT2D eigenvalue weighted by Gasteiger charge is -2.18. The molecule has 3 atom stereocenters. The molecule has 4 N–H and O–H groups in total. The minimum absolute atomic E-state index is 0.101. The van der Waals surface area contributed by atoms with Crippen LogP contribution < -0.4 is 0 Å². The Balaban J connectivity index is 3.59. The molecule has 4 heteroatoms. The lowest BCUT2D eigenvalue weighted by molar-refractivity contribution is -0.0172. The summed E-state index contributed by atoms with van der Waals surface area (Å²) in [5.41, 5.74) is 0. The zero-order valence-electron chi connectivity index (χ0n) is 7.35. The van der Waals surface area contributed by atoms with Gasteiger partial charge in [0.15, 0.2) is 0 Å². The van der Waals surface area contributed by atoms with Gasteiger partial charge in [-0.25, -0.2) is 0 Å². The molecule has 0 bridgehead atoms. The highest BCUT2D eigenvalue weighted by Gasteiger charge is 2.17. The molecule has 12 heavy (non-hydrogen) atoms. The zero-order chi connectivity index (χ0) is 9.56. The Kier molecular flexibility index (Phi) is 6.28. The van der Waals surface area contributed by atoms with Crippen molar-refractivity contribution in [3.05, 3.63) is 0 Å². The predicted molar refractivity (Wildman–Crippen MR) is 44.6 cm³/mol. The van der Waals surface area contributed by atoms with Gasteiger partial charge in [-0.15, -0.1) is 0 Å². The number of rotatable bonds is 6. The smallest absolute Gasteiger partial charge is 0.0823 e. The Morgan fingerprint density at radius 2 is 1.67 bits per heavy atom. The summed E-state index contributed by atoms with van der Waals surface area (Å²) in [4.78, 5) is 0. The topological polar surface area (TPSA) is 80.9 Å². The third-order valence-corrected chi connectivity index (χ3v) is 1.84. The Bertz CT molecular complexity index is 107. The van der Waals surface area contributed by atoms with Crippen LogP contribution >= 0.6 is 0 Å². The molecule has 0 saturated heterocycles. The van der Waals surface area contributed by atoms with Crippen LogP contribution in [0.3, 0.4) is 0 Å². The van der Waals surface area contributed by atoms with Crippen molar-refractivity contribution in [2.24, 2.45) is 0 Å². The van der Waals surface area contributed by atoms with E-state index in [0.717, 1.165) is 0 Å². The molecule has 3 unspecified atom stereocenters. The molecule has 0 aromatic carbocycles. The van der Waals surface area contributed by atoms with Crippen molar-refractivity contribution in [3.63, 3.8) is 0 Å². The van der Waals surface area contributed by atoms with Crippen molar-refractivity contribution in [2.75, 3.05) is 6.61 Å². The van der Waals surface area contributed by atoms with Crippen LogP contribution in [0.2, 0.25) is 0 Å². The third kappa shape index (κ3) is 4.66. The van der Waals surface area contributed by atoms with Crippen LogP contribution in [0.5, 0.6) is 0 Å². The van der Waals surface area contributed by atoms with Crippen LogP contribution in [-0.2, 0) is 0 Å². The second-order valence-corrected chi connectivity index (χ2v) is 2.94. The Morgan fingerprint density at radius 1 is 1.08 bits per heavy atom. The molecule has 0 aromatic heterocycles. The molecule has 0 amide bonds. The maximum Gasteiger partial charge on any atom is 0.0823 e. The number of aliphatic hydroxyl groups is 4. The second kappa shape index (κ2) is 6.37. The first-order chi connectivity index (χ1) is 5.61. The largest absolute Gasteiger partial charge is 0.396 e. The third-order valence-electron chi connectivity index (χ3n) is 1.84. The molecule has 74 valence electrons. The normalized spacial score (nSPS) is 18.8. The summed E-state index contributed by atoms with van der Waals surface area (Å²) >= 11 is 0. The summed E-state index contributed by atoms with van der Waals surface area (Å²) in [6, 6.07) is 0. The molecule has 4 nitrogen and oxygen atoms in total. The number of hydrogen-bond acceptors (Lipinski definition) is 4. The average Bonchev–Trinajstić information content (AvgIpc) is 2.03. The SMILES string of the molecule is CCC(O)C(O)CC(O)CCO. The summed E-state index contributed by atoms with van der Waals surface area (Å²) in [5, 5.41) is 35.9. The van der Waals surface area contributed by atoms with Crippen molar-refractivity contribution >= 4 is 0 Å². The van der Waals surface area contributed by atoms with Crippen LogP contribution in [0.1, 0.15) is 26.2 Å². The van der Waals surface area contributed by atoms with E-state index < -0.39 is 18.3 Å². The van der Waals surface area contributed by atoms with Gasteiger partial charge in [0.25, 0.3) is 0 Å². The highest BCUT2D eigenvalue weighted by atomic mass is 16.3. The van der Waals surface area contributed by atoms with Crippen LogP contribution in [0.4, 0.5) is 0 Å². The first-order valence-corrected chi connectivity index (χ1v) is 4.26. The first-order valence-electron chi connectivity index (χ1n) is 4.26. The van der Waals surface area contributed by atoms with Gasteiger partial charge in [-0.1, -0.05) is 6.92 Å². The summed E-state index contributed by atoms with van der Waals surface area (Å²) in [6.07, 6.45) is -1.57. The first kappa shape index (κ1) is 11.8. The van der Waals surface area contributed by atoms with Gasteiger partial charge >= 0.3 is 0 Å². The van der Waals surface area contributed by atoms with Gasteiger partial charge < -0.3 is 20.4 Å². The van der Waals surface area contributed by atoms with Crippen molar-refractivity contribution < 1.29 is 20.4 Å². The van der Waals surface area contributed by atoms with Crippen molar-refractivity contribution in [3.8, 4) is 0 Å². The fraction of sp³-hybridized carbons (Fsp3) is 1.00. The lowest BCUT2D eigenvalue weighted by Crippen LogP contribution is -2.29. The van der Waals surface area contributed by atoms with Crippen molar-refractivity contribution in [1.82, 2.24) is 0 Å². The van der Waals surface area contributed by atoms with E-state index in [1.165, 1.54) is 0 Å². The maximum atomic E-state index is 9.22. The molecule has 0 aromatic rings. The summed E-state index contributed by atoms with van der Waals surface area (Å²) < 4.78 is 0. The molecule has 0 radical (unpaired) electrons. The van der Waals surface area contributed by atoms with E-state index in [-0.39, 0.29) is 19.4 Å². The van der Waals surface area contributed by atoms with Gasteiger partial charge in [0.1, 0.15) is 0 Å². The summed E-state index contributed by atoms with van der Waals surface area (Å²) in [5.74, 6) is 0. The standard InChI is InChI=1S/C8H18O4/c1-2-7(11)8(12)5-6(10)3-4-9/h6-12H,2-5H2,1H3. The number of hydrogen-bond donors (Lipinski definition) is 4. The van der Waals surface area contributed by atoms with E-state index in [2.05, 4.69) is 0 Å². The van der Waals surface area contributed by atoms with Gasteiger partial charge in [-0.3, -0.25) is 0 Å². The van der Waals surface area contributed by atoms with Crippen LogP contribution in [-0.4, -0.2) is 45.3 Å². The fourth-order valence-electron chi connectivity index (χ4n) is 0.975. The molecule has 0 spiro atoms. The van der Waals surface area contributed by atoms with E-state index in [1.807, 2.05) is 0 Å². The molecule has 0 aliphatic heterocycles. The predicted octanol–water partition coefficient (Wildman–Crippen LogP) is -0.748. The van der Waals surface area contributed by atoms with Gasteiger partial charge in [0.05, 0.1) is 18.3 Å². The second-order valence-electron chi connectivity index (χ2n) is 2.94. The van der Waals surface area contributed by atoms with Gasteiger partial charge in [0.2, 0.25) is 0 Å². The van der Waals surface area contributed by atoms with Gasteiger partial charge in [0, 0.05) is 13.0 Å². The molecule has 0 aliphatic carbocycles. The summed E-state index contributed by atoms with van der Waals surface area (Å²) in [7, 11) is 0. The molecular weight excluding hydrogens is 160 g/mol. The van der Waals surface area contributed by atoms with E-state index in [0.29, 0.717) is 6.42 Å².